The Morgan fingerprint density at radius 2 is 2.35 bits per heavy atom. The van der Waals surface area contributed by atoms with Gasteiger partial charge >= 0.3 is 12.8 Å². The smallest absolute Gasteiger partial charge is 0.364 e. The van der Waals surface area contributed by atoms with Crippen LogP contribution < -0.4 is 4.97 Å². The molecule has 1 aromatic rings. The van der Waals surface area contributed by atoms with E-state index < -0.39 is 12.8 Å². The van der Waals surface area contributed by atoms with Crippen LogP contribution >= 0.6 is 0 Å². The van der Waals surface area contributed by atoms with Gasteiger partial charge in [0.25, 0.3) is 0 Å². The first kappa shape index (κ1) is 11.6. The van der Waals surface area contributed by atoms with Crippen molar-refractivity contribution in [1.29, 1.82) is 0 Å². The zero-order valence-corrected chi connectivity index (χ0v) is 9.25. The van der Waals surface area contributed by atoms with Crippen molar-refractivity contribution in [2.75, 3.05) is 4.97 Å². The summed E-state index contributed by atoms with van der Waals surface area (Å²) in [4.78, 5) is 27.2. The van der Waals surface area contributed by atoms with E-state index >= 15 is 0 Å². The number of carboxylic acids is 1. The van der Waals surface area contributed by atoms with Crippen molar-refractivity contribution >= 4 is 24.2 Å². The van der Waals surface area contributed by atoms with Gasteiger partial charge in [0, 0.05) is 12.6 Å². The Balaban J connectivity index is 2.47. The van der Waals surface area contributed by atoms with Crippen LogP contribution in [-0.2, 0) is 11.2 Å². The van der Waals surface area contributed by atoms with E-state index in [1.54, 1.807) is 6.92 Å². The maximum absolute atomic E-state index is 11.7. The Hall–Kier alpha value is -1.89. The van der Waals surface area contributed by atoms with Gasteiger partial charge in [-0.25, -0.2) is 4.79 Å². The fraction of sp³-hybridized carbons (Fsp3) is 0.300. The molecule has 0 aliphatic carbocycles. The third kappa shape index (κ3) is 1.89. The number of pyridine rings is 1. The molecule has 0 saturated carbocycles. The molecule has 0 amide bonds. The normalized spacial score (nSPS) is 14.8. The van der Waals surface area contributed by atoms with Crippen molar-refractivity contribution in [3.05, 3.63) is 23.5 Å². The quantitative estimate of drug-likeness (QED) is 0.730. The van der Waals surface area contributed by atoms with Crippen molar-refractivity contribution in [2.24, 2.45) is 0 Å². The van der Waals surface area contributed by atoms with Gasteiger partial charge in [0.1, 0.15) is 5.68 Å². The Bertz CT molecular complexity index is 491. The van der Waals surface area contributed by atoms with Crippen LogP contribution in [0.4, 0.5) is 5.69 Å². The van der Waals surface area contributed by atoms with Gasteiger partial charge in [0.05, 0.1) is 16.9 Å². The molecule has 2 N–H and O–H groups in total. The molecule has 0 atom stereocenters. The van der Waals surface area contributed by atoms with E-state index in [1.165, 1.54) is 12.3 Å². The molecule has 0 spiro atoms. The lowest BCUT2D eigenvalue weighted by molar-refractivity contribution is -0.112. The summed E-state index contributed by atoms with van der Waals surface area (Å²) in [5.74, 6) is -1.11. The summed E-state index contributed by atoms with van der Waals surface area (Å²) in [6.07, 6.45) is 1.78. The van der Waals surface area contributed by atoms with Crippen LogP contribution in [0.25, 0.3) is 0 Å². The summed E-state index contributed by atoms with van der Waals surface area (Å²) >= 11 is 0. The summed E-state index contributed by atoms with van der Waals surface area (Å²) < 4.78 is 0. The number of aromatic carboxylic acids is 1. The van der Waals surface area contributed by atoms with Gasteiger partial charge in [-0.1, -0.05) is 6.92 Å². The molecule has 0 fully saturated rings. The van der Waals surface area contributed by atoms with Crippen LogP contribution in [0.5, 0.6) is 0 Å². The van der Waals surface area contributed by atoms with Gasteiger partial charge < -0.3 is 15.1 Å². The second-order valence-corrected chi connectivity index (χ2v) is 3.91. The molecular formula is C10H11BN2O4. The molecule has 1 aliphatic rings. The van der Waals surface area contributed by atoms with E-state index in [-0.39, 0.29) is 17.7 Å². The number of hydrogen-bond acceptors (Lipinski definition) is 5. The van der Waals surface area contributed by atoms with Gasteiger partial charge in [0.15, 0.2) is 0 Å². The van der Waals surface area contributed by atoms with Gasteiger partial charge in [0.2, 0.25) is 0 Å². The van der Waals surface area contributed by atoms with Crippen LogP contribution in [0, 0.1) is 0 Å². The lowest BCUT2D eigenvalue weighted by Gasteiger charge is -2.29. The number of fused-ring (bicyclic) bond motifs is 1. The Morgan fingerprint density at radius 1 is 1.65 bits per heavy atom. The predicted molar refractivity (Wildman–Crippen MR) is 60.4 cm³/mol. The largest absolute Gasteiger partial charge is 0.478 e. The summed E-state index contributed by atoms with van der Waals surface area (Å²) in [5, 5.41) is 18.7. The number of nitrogens with zero attached hydrogens (tertiary/aromatic N) is 2. The second-order valence-electron chi connectivity index (χ2n) is 3.91. The first-order chi connectivity index (χ1) is 8.04. The van der Waals surface area contributed by atoms with Crippen molar-refractivity contribution < 1.29 is 19.9 Å². The Labute approximate surface area is 97.9 Å². The van der Waals surface area contributed by atoms with E-state index in [1.807, 2.05) is 0 Å². The SMILES string of the molecule is CCB1C(=O)Cc2ncc(C(=O)O)cc2N1O. The third-order valence-corrected chi connectivity index (χ3v) is 2.84. The zero-order valence-electron chi connectivity index (χ0n) is 9.25. The number of hydrogen-bond donors (Lipinski definition) is 2. The average Bonchev–Trinajstić information content (AvgIpc) is 2.29. The topological polar surface area (TPSA) is 90.7 Å². The van der Waals surface area contributed by atoms with Gasteiger partial charge in [-0.15, -0.1) is 0 Å². The number of carboxylic acid groups (broad SMARTS) is 1. The fourth-order valence-electron chi connectivity index (χ4n) is 1.92. The minimum absolute atomic E-state index is 0.00741. The summed E-state index contributed by atoms with van der Waals surface area (Å²) in [5.41, 5.74) is 0.591. The summed E-state index contributed by atoms with van der Waals surface area (Å²) in [6, 6.07) is 1.33. The molecule has 0 saturated heterocycles. The molecule has 0 bridgehead atoms. The van der Waals surface area contributed by atoms with E-state index in [9.17, 15) is 14.8 Å². The maximum Gasteiger partial charge on any atom is 0.364 e. The van der Waals surface area contributed by atoms with Crippen molar-refractivity contribution in [1.82, 2.24) is 4.98 Å². The van der Waals surface area contributed by atoms with Crippen LogP contribution in [0.2, 0.25) is 6.32 Å². The molecular weight excluding hydrogens is 223 g/mol. The zero-order chi connectivity index (χ0) is 12.6. The van der Waals surface area contributed by atoms with Crippen molar-refractivity contribution in [2.45, 2.75) is 19.7 Å². The second kappa shape index (κ2) is 4.17. The first-order valence-electron chi connectivity index (χ1n) is 5.27. The van der Waals surface area contributed by atoms with Crippen molar-refractivity contribution in [3.8, 4) is 0 Å². The van der Waals surface area contributed by atoms with Crippen LogP contribution in [0.15, 0.2) is 12.3 Å². The van der Waals surface area contributed by atoms with E-state index in [0.29, 0.717) is 17.7 Å². The highest BCUT2D eigenvalue weighted by atomic mass is 16.5. The Kier molecular flexibility index (Phi) is 2.85. The minimum atomic E-state index is -1.11. The number of aromatic nitrogens is 1. The van der Waals surface area contributed by atoms with E-state index in [2.05, 4.69) is 4.98 Å². The average molecular weight is 234 g/mol. The number of carbonyl (C=O) groups is 2. The molecule has 88 valence electrons. The van der Waals surface area contributed by atoms with E-state index in [0.717, 1.165) is 4.97 Å². The molecule has 1 aromatic heterocycles. The molecule has 1 aliphatic heterocycles. The molecule has 6 nitrogen and oxygen atoms in total. The predicted octanol–water partition coefficient (Wildman–Crippen LogP) is 0.651. The molecule has 17 heavy (non-hydrogen) atoms. The first-order valence-corrected chi connectivity index (χ1v) is 5.27. The molecule has 2 rings (SSSR count). The number of carbonyl (C=O) groups excluding carboxylic acids is 1. The van der Waals surface area contributed by atoms with Crippen LogP contribution in [-0.4, -0.2) is 33.8 Å². The molecule has 0 radical (unpaired) electrons. The molecule has 7 heteroatoms. The standard InChI is InChI=1S/C10H11BN2O4/c1-2-11-9(14)4-7-8(13(11)17)3-6(5-12-7)10(15)16/h3,5,17H,2,4H2,1H3,(H,15,16). The highest BCUT2D eigenvalue weighted by Gasteiger charge is 2.36. The molecule has 0 unspecified atom stereocenters. The monoisotopic (exact) mass is 234 g/mol. The van der Waals surface area contributed by atoms with Gasteiger partial charge in [-0.2, -0.15) is 0 Å². The van der Waals surface area contributed by atoms with E-state index in [4.69, 9.17) is 5.11 Å². The minimum Gasteiger partial charge on any atom is -0.478 e. The third-order valence-electron chi connectivity index (χ3n) is 2.84. The lowest BCUT2D eigenvalue weighted by atomic mass is 9.52. The molecule has 0 aromatic carbocycles. The van der Waals surface area contributed by atoms with Crippen LogP contribution in [0.1, 0.15) is 23.0 Å². The Morgan fingerprint density at radius 3 is 2.94 bits per heavy atom. The summed E-state index contributed by atoms with van der Waals surface area (Å²) in [6.45, 7) is 1.17. The maximum atomic E-state index is 11.7. The fourth-order valence-corrected chi connectivity index (χ4v) is 1.92. The van der Waals surface area contributed by atoms with Crippen molar-refractivity contribution in [3.63, 3.8) is 0 Å². The van der Waals surface area contributed by atoms with Crippen LogP contribution in [0.3, 0.4) is 0 Å². The highest BCUT2D eigenvalue weighted by Crippen LogP contribution is 2.26. The number of rotatable bonds is 2. The highest BCUT2D eigenvalue weighted by molar-refractivity contribution is 6.92. The lowest BCUT2D eigenvalue weighted by Crippen LogP contribution is -2.48. The number of anilines is 1. The van der Waals surface area contributed by atoms with Gasteiger partial charge in [-0.3, -0.25) is 9.96 Å². The van der Waals surface area contributed by atoms with Gasteiger partial charge in [-0.05, 0) is 12.4 Å². The summed E-state index contributed by atoms with van der Waals surface area (Å²) in [7, 11) is 0. The molecule has 2 heterocycles.